The molecule has 0 amide bonds. The van der Waals surface area contributed by atoms with Crippen molar-refractivity contribution in [3.63, 3.8) is 0 Å². The second kappa shape index (κ2) is 6.14. The number of hydrogen-bond acceptors (Lipinski definition) is 2. The van der Waals surface area contributed by atoms with Gasteiger partial charge in [0, 0.05) is 18.6 Å². The van der Waals surface area contributed by atoms with E-state index >= 15 is 0 Å². The Morgan fingerprint density at radius 3 is 2.70 bits per heavy atom. The number of likely N-dealkylation sites (N-methyl/N-ethyl adjacent to an activating group) is 1. The summed E-state index contributed by atoms with van der Waals surface area (Å²) in [4.78, 5) is 2.18. The second-order valence-electron chi connectivity index (χ2n) is 5.35. The minimum Gasteiger partial charge on any atom is -0.318 e. The zero-order valence-electron chi connectivity index (χ0n) is 11.9. The van der Waals surface area contributed by atoms with Gasteiger partial charge in [-0.05, 0) is 45.0 Å². The maximum Gasteiger partial charge on any atom is 0.416 e. The lowest BCUT2D eigenvalue weighted by Gasteiger charge is -2.32. The molecular formula is C15H21F3N2. The minimum absolute atomic E-state index is 0.214. The Hall–Kier alpha value is -1.07. The quantitative estimate of drug-likeness (QED) is 0.912. The van der Waals surface area contributed by atoms with Crippen molar-refractivity contribution in [3.05, 3.63) is 35.4 Å². The van der Waals surface area contributed by atoms with Crippen LogP contribution in [0, 0.1) is 0 Å². The Morgan fingerprint density at radius 1 is 1.35 bits per heavy atom. The number of nitrogens with one attached hydrogen (secondary N) is 1. The van der Waals surface area contributed by atoms with Crippen molar-refractivity contribution in [3.8, 4) is 0 Å². The fourth-order valence-electron chi connectivity index (χ4n) is 3.12. The summed E-state index contributed by atoms with van der Waals surface area (Å²) >= 11 is 0. The third-order valence-electron chi connectivity index (χ3n) is 4.08. The van der Waals surface area contributed by atoms with Crippen LogP contribution in [0.4, 0.5) is 13.2 Å². The van der Waals surface area contributed by atoms with E-state index < -0.39 is 11.7 Å². The molecule has 1 aliphatic heterocycles. The molecule has 1 fully saturated rings. The molecule has 0 aliphatic carbocycles. The summed E-state index contributed by atoms with van der Waals surface area (Å²) in [5.41, 5.74) is -0.134. The molecule has 0 radical (unpaired) electrons. The molecule has 1 N–H and O–H groups in total. The number of nitrogens with zero attached hydrogens (tertiary/aromatic N) is 1. The monoisotopic (exact) mass is 286 g/mol. The first kappa shape index (κ1) is 15.3. The molecule has 1 heterocycles. The summed E-state index contributed by atoms with van der Waals surface area (Å²) in [5, 5.41) is 3.13. The summed E-state index contributed by atoms with van der Waals surface area (Å²) < 4.78 is 39.3. The van der Waals surface area contributed by atoms with E-state index in [1.807, 2.05) is 14.0 Å². The summed E-state index contributed by atoms with van der Waals surface area (Å²) in [7, 11) is 1.88. The Balaban J connectivity index is 2.27. The second-order valence-corrected chi connectivity index (χ2v) is 5.35. The lowest BCUT2D eigenvalue weighted by atomic mass is 9.99. The molecule has 1 aliphatic rings. The van der Waals surface area contributed by atoms with Crippen molar-refractivity contribution in [2.24, 2.45) is 0 Å². The first-order valence-corrected chi connectivity index (χ1v) is 7.01. The summed E-state index contributed by atoms with van der Waals surface area (Å²) in [6, 6.07) is 6.01. The van der Waals surface area contributed by atoms with Crippen LogP contribution in [-0.4, -0.2) is 31.1 Å². The fraction of sp³-hybridized carbons (Fsp3) is 0.600. The first-order valence-electron chi connectivity index (χ1n) is 7.01. The van der Waals surface area contributed by atoms with Crippen LogP contribution in [0.5, 0.6) is 0 Å². The average Bonchev–Trinajstić information content (AvgIpc) is 2.85. The van der Waals surface area contributed by atoms with Gasteiger partial charge in [0.1, 0.15) is 0 Å². The predicted octanol–water partition coefficient (Wildman–Crippen LogP) is 3.45. The molecule has 2 unspecified atom stereocenters. The van der Waals surface area contributed by atoms with Crippen LogP contribution in [0.15, 0.2) is 24.3 Å². The van der Waals surface area contributed by atoms with Gasteiger partial charge in [-0.1, -0.05) is 18.2 Å². The van der Waals surface area contributed by atoms with Gasteiger partial charge in [0.05, 0.1) is 5.56 Å². The van der Waals surface area contributed by atoms with E-state index in [4.69, 9.17) is 0 Å². The predicted molar refractivity (Wildman–Crippen MR) is 73.5 cm³/mol. The highest BCUT2D eigenvalue weighted by Gasteiger charge is 2.37. The fourth-order valence-corrected chi connectivity index (χ4v) is 3.12. The molecule has 2 atom stereocenters. The molecule has 112 valence electrons. The number of hydrogen-bond donors (Lipinski definition) is 1. The minimum atomic E-state index is -4.29. The van der Waals surface area contributed by atoms with Gasteiger partial charge in [0.25, 0.3) is 0 Å². The molecule has 0 spiro atoms. The van der Waals surface area contributed by atoms with Crippen LogP contribution in [0.3, 0.4) is 0 Å². The van der Waals surface area contributed by atoms with Gasteiger partial charge in [-0.2, -0.15) is 13.2 Å². The number of benzene rings is 1. The van der Waals surface area contributed by atoms with Gasteiger partial charge in [0.15, 0.2) is 0 Å². The maximum absolute atomic E-state index is 13.1. The van der Waals surface area contributed by atoms with E-state index in [2.05, 4.69) is 10.2 Å². The standard InChI is InChI=1S/C15H21F3N2/c1-11(20-9-5-6-12(20)10-19-2)13-7-3-4-8-14(13)15(16,17)18/h3-4,7-8,11-12,19H,5-6,9-10H2,1-2H3. The summed E-state index contributed by atoms with van der Waals surface area (Å²) in [6.45, 7) is 3.55. The maximum atomic E-state index is 13.1. The molecule has 2 rings (SSSR count). The van der Waals surface area contributed by atoms with E-state index in [0.717, 1.165) is 25.9 Å². The lowest BCUT2D eigenvalue weighted by Crippen LogP contribution is -2.38. The molecule has 1 aromatic rings. The van der Waals surface area contributed by atoms with Crippen molar-refractivity contribution >= 4 is 0 Å². The van der Waals surface area contributed by atoms with Crippen molar-refractivity contribution < 1.29 is 13.2 Å². The van der Waals surface area contributed by atoms with Gasteiger partial charge >= 0.3 is 6.18 Å². The van der Waals surface area contributed by atoms with Crippen LogP contribution in [0.1, 0.15) is 36.9 Å². The van der Waals surface area contributed by atoms with E-state index in [1.165, 1.54) is 12.1 Å². The van der Waals surface area contributed by atoms with E-state index in [-0.39, 0.29) is 6.04 Å². The molecular weight excluding hydrogens is 265 g/mol. The zero-order chi connectivity index (χ0) is 14.8. The smallest absolute Gasteiger partial charge is 0.318 e. The SMILES string of the molecule is CNCC1CCCN1C(C)c1ccccc1C(F)(F)F. The molecule has 0 bridgehead atoms. The molecule has 1 saturated heterocycles. The van der Waals surface area contributed by atoms with Gasteiger partial charge in [-0.25, -0.2) is 0 Å². The highest BCUT2D eigenvalue weighted by molar-refractivity contribution is 5.32. The van der Waals surface area contributed by atoms with Crippen LogP contribution < -0.4 is 5.32 Å². The van der Waals surface area contributed by atoms with Crippen LogP contribution in [0.2, 0.25) is 0 Å². The first-order chi connectivity index (χ1) is 9.45. The van der Waals surface area contributed by atoms with Crippen molar-refractivity contribution in [2.75, 3.05) is 20.1 Å². The molecule has 0 aromatic heterocycles. The third-order valence-corrected chi connectivity index (χ3v) is 4.08. The Labute approximate surface area is 118 Å². The van der Waals surface area contributed by atoms with Crippen molar-refractivity contribution in [1.29, 1.82) is 0 Å². The number of likely N-dealkylation sites (tertiary alicyclic amines) is 1. The van der Waals surface area contributed by atoms with Gasteiger partial charge in [-0.15, -0.1) is 0 Å². The molecule has 5 heteroatoms. The van der Waals surface area contributed by atoms with Crippen molar-refractivity contribution in [1.82, 2.24) is 10.2 Å². The van der Waals surface area contributed by atoms with Crippen LogP contribution >= 0.6 is 0 Å². The number of alkyl halides is 3. The van der Waals surface area contributed by atoms with E-state index in [1.54, 1.807) is 12.1 Å². The Kier molecular flexibility index (Phi) is 4.70. The molecule has 2 nitrogen and oxygen atoms in total. The highest BCUT2D eigenvalue weighted by Crippen LogP contribution is 2.38. The van der Waals surface area contributed by atoms with E-state index in [9.17, 15) is 13.2 Å². The topological polar surface area (TPSA) is 15.3 Å². The number of halogens is 3. The third kappa shape index (κ3) is 3.15. The van der Waals surface area contributed by atoms with Crippen molar-refractivity contribution in [2.45, 2.75) is 38.0 Å². The van der Waals surface area contributed by atoms with Gasteiger partial charge in [-0.3, -0.25) is 4.90 Å². The average molecular weight is 286 g/mol. The normalized spacial score (nSPS) is 22.1. The zero-order valence-corrected chi connectivity index (χ0v) is 11.9. The highest BCUT2D eigenvalue weighted by atomic mass is 19.4. The number of rotatable bonds is 4. The van der Waals surface area contributed by atoms with Gasteiger partial charge < -0.3 is 5.32 Å². The molecule has 0 saturated carbocycles. The molecule has 1 aromatic carbocycles. The van der Waals surface area contributed by atoms with E-state index in [0.29, 0.717) is 11.6 Å². The summed E-state index contributed by atoms with van der Waals surface area (Å²) in [5.74, 6) is 0. The summed E-state index contributed by atoms with van der Waals surface area (Å²) in [6.07, 6.45) is -2.20. The molecule has 20 heavy (non-hydrogen) atoms. The Morgan fingerprint density at radius 2 is 2.05 bits per heavy atom. The van der Waals surface area contributed by atoms with Crippen LogP contribution in [-0.2, 0) is 6.18 Å². The van der Waals surface area contributed by atoms with Crippen LogP contribution in [0.25, 0.3) is 0 Å². The van der Waals surface area contributed by atoms with Gasteiger partial charge in [0.2, 0.25) is 0 Å². The Bertz CT molecular complexity index is 445. The lowest BCUT2D eigenvalue weighted by molar-refractivity contribution is -0.138. The largest absolute Gasteiger partial charge is 0.416 e.